The van der Waals surface area contributed by atoms with Crippen LogP contribution < -0.4 is 11.1 Å². The Balaban J connectivity index is 2.78. The highest BCUT2D eigenvalue weighted by Crippen LogP contribution is 2.26. The van der Waals surface area contributed by atoms with Crippen LogP contribution in [0.1, 0.15) is 37.0 Å². The van der Waals surface area contributed by atoms with Crippen molar-refractivity contribution < 1.29 is 15.0 Å². The summed E-state index contributed by atoms with van der Waals surface area (Å²) in [5.74, 6) is -1.02. The molecule has 1 aromatic carbocycles. The maximum absolute atomic E-state index is 11.9. The molecular weight excluding hydrogens is 232 g/mol. The van der Waals surface area contributed by atoms with E-state index in [4.69, 9.17) is 5.73 Å². The molecule has 0 radical (unpaired) electrons. The molecule has 5 N–H and O–H groups in total. The van der Waals surface area contributed by atoms with Gasteiger partial charge in [-0.2, -0.15) is 0 Å². The van der Waals surface area contributed by atoms with Crippen LogP contribution in [0.25, 0.3) is 0 Å². The van der Waals surface area contributed by atoms with E-state index in [2.05, 4.69) is 5.32 Å². The number of phenolic OH excluding ortho intramolecular Hbond substituents is 2. The van der Waals surface area contributed by atoms with Gasteiger partial charge in [0.2, 0.25) is 0 Å². The van der Waals surface area contributed by atoms with Gasteiger partial charge in [-0.3, -0.25) is 4.79 Å². The van der Waals surface area contributed by atoms with Crippen molar-refractivity contribution in [2.45, 2.75) is 32.2 Å². The largest absolute Gasteiger partial charge is 0.507 e. The molecule has 0 aliphatic carbocycles. The average molecular weight is 252 g/mol. The van der Waals surface area contributed by atoms with E-state index in [-0.39, 0.29) is 17.1 Å². The number of hydrogen-bond donors (Lipinski definition) is 4. The van der Waals surface area contributed by atoms with Gasteiger partial charge >= 0.3 is 0 Å². The van der Waals surface area contributed by atoms with E-state index in [1.165, 1.54) is 18.2 Å². The molecule has 5 nitrogen and oxygen atoms in total. The minimum absolute atomic E-state index is 0.118. The second-order valence-corrected chi connectivity index (χ2v) is 4.42. The molecule has 0 saturated carbocycles. The van der Waals surface area contributed by atoms with Gasteiger partial charge in [-0.05, 0) is 25.0 Å². The van der Waals surface area contributed by atoms with Gasteiger partial charge in [-0.25, -0.2) is 0 Å². The molecule has 0 spiro atoms. The second-order valence-electron chi connectivity index (χ2n) is 4.42. The van der Waals surface area contributed by atoms with E-state index in [1.807, 2.05) is 13.8 Å². The lowest BCUT2D eigenvalue weighted by molar-refractivity contribution is 0.0936. The number of aromatic hydroxyl groups is 2. The monoisotopic (exact) mass is 252 g/mol. The van der Waals surface area contributed by atoms with Crippen LogP contribution in [-0.2, 0) is 0 Å². The predicted octanol–water partition coefficient (Wildman–Crippen LogP) is 1.35. The zero-order valence-electron chi connectivity index (χ0n) is 10.7. The normalized spacial score (nSPS) is 11.3. The molecule has 0 saturated heterocycles. The van der Waals surface area contributed by atoms with Crippen LogP contribution in [0.5, 0.6) is 11.5 Å². The lowest BCUT2D eigenvalue weighted by Gasteiger charge is -2.26. The molecule has 0 aliphatic heterocycles. The van der Waals surface area contributed by atoms with Crippen molar-refractivity contribution in [1.29, 1.82) is 0 Å². The zero-order chi connectivity index (χ0) is 13.8. The topological polar surface area (TPSA) is 95.6 Å². The Labute approximate surface area is 107 Å². The summed E-state index contributed by atoms with van der Waals surface area (Å²) in [4.78, 5) is 11.9. The Morgan fingerprint density at radius 3 is 2.22 bits per heavy atom. The molecule has 0 aromatic heterocycles. The number of nitrogens with one attached hydrogen (secondary N) is 1. The molecule has 0 aliphatic rings. The minimum atomic E-state index is -0.526. The molecule has 0 bridgehead atoms. The van der Waals surface area contributed by atoms with Gasteiger partial charge in [0, 0.05) is 12.1 Å². The lowest BCUT2D eigenvalue weighted by atomic mass is 9.94. The molecule has 0 atom stereocenters. The van der Waals surface area contributed by atoms with Crippen molar-refractivity contribution in [3.05, 3.63) is 23.8 Å². The molecule has 0 fully saturated rings. The molecule has 18 heavy (non-hydrogen) atoms. The van der Waals surface area contributed by atoms with E-state index in [0.29, 0.717) is 6.54 Å². The van der Waals surface area contributed by atoms with Crippen LogP contribution in [0.4, 0.5) is 0 Å². The quantitative estimate of drug-likeness (QED) is 0.636. The molecule has 0 heterocycles. The SMILES string of the molecule is CCC(N)(CC)CNC(=O)c1c(O)cccc1O. The van der Waals surface area contributed by atoms with E-state index in [1.54, 1.807) is 0 Å². The Bertz CT molecular complexity index is 408. The molecular formula is C13H20N2O3. The summed E-state index contributed by atoms with van der Waals surface area (Å²) in [6.07, 6.45) is 1.47. The third-order valence-electron chi connectivity index (χ3n) is 3.26. The molecule has 1 aromatic rings. The summed E-state index contributed by atoms with van der Waals surface area (Å²) < 4.78 is 0. The van der Waals surface area contributed by atoms with Gasteiger partial charge in [0.25, 0.3) is 5.91 Å². The molecule has 1 rings (SSSR count). The van der Waals surface area contributed by atoms with E-state index in [9.17, 15) is 15.0 Å². The summed E-state index contributed by atoms with van der Waals surface area (Å²) in [7, 11) is 0. The van der Waals surface area contributed by atoms with E-state index >= 15 is 0 Å². The van der Waals surface area contributed by atoms with Crippen molar-refractivity contribution >= 4 is 5.91 Å². The van der Waals surface area contributed by atoms with Crippen molar-refractivity contribution in [3.8, 4) is 11.5 Å². The number of carbonyl (C=O) groups is 1. The van der Waals surface area contributed by atoms with Crippen LogP contribution in [0, 0.1) is 0 Å². The van der Waals surface area contributed by atoms with Crippen molar-refractivity contribution in [2.24, 2.45) is 5.73 Å². The number of hydrogen-bond acceptors (Lipinski definition) is 4. The fourth-order valence-electron chi connectivity index (χ4n) is 1.61. The van der Waals surface area contributed by atoms with Crippen molar-refractivity contribution in [3.63, 3.8) is 0 Å². The second kappa shape index (κ2) is 5.73. The van der Waals surface area contributed by atoms with Crippen LogP contribution in [-0.4, -0.2) is 28.2 Å². The summed E-state index contributed by atoms with van der Waals surface area (Å²) in [5, 5.41) is 21.7. The highest BCUT2D eigenvalue weighted by atomic mass is 16.3. The first-order valence-corrected chi connectivity index (χ1v) is 6.01. The summed E-state index contributed by atoms with van der Waals surface area (Å²) in [5.41, 5.74) is 5.48. The zero-order valence-corrected chi connectivity index (χ0v) is 10.7. The number of phenols is 2. The number of carbonyl (C=O) groups excluding carboxylic acids is 1. The first-order chi connectivity index (χ1) is 8.43. The van der Waals surface area contributed by atoms with Crippen molar-refractivity contribution in [1.82, 2.24) is 5.32 Å². The highest BCUT2D eigenvalue weighted by molar-refractivity contribution is 5.99. The Kier molecular flexibility index (Phi) is 4.55. The molecule has 0 unspecified atom stereocenters. The van der Waals surface area contributed by atoms with Gasteiger partial charge in [-0.1, -0.05) is 19.9 Å². The fraction of sp³-hybridized carbons (Fsp3) is 0.462. The van der Waals surface area contributed by atoms with Crippen LogP contribution in [0.3, 0.4) is 0 Å². The standard InChI is InChI=1S/C13H20N2O3/c1-3-13(14,4-2)8-15-12(18)11-9(16)6-5-7-10(11)17/h5-7,16-17H,3-4,8,14H2,1-2H3,(H,15,18). The first kappa shape index (κ1) is 14.3. The Hall–Kier alpha value is -1.75. The first-order valence-electron chi connectivity index (χ1n) is 6.01. The molecule has 1 amide bonds. The Morgan fingerprint density at radius 2 is 1.78 bits per heavy atom. The van der Waals surface area contributed by atoms with Gasteiger partial charge in [0.1, 0.15) is 17.1 Å². The minimum Gasteiger partial charge on any atom is -0.507 e. The third kappa shape index (κ3) is 3.13. The summed E-state index contributed by atoms with van der Waals surface area (Å²) in [6.45, 7) is 4.20. The maximum Gasteiger partial charge on any atom is 0.258 e. The van der Waals surface area contributed by atoms with Gasteiger partial charge in [0.05, 0.1) is 0 Å². The van der Waals surface area contributed by atoms with E-state index in [0.717, 1.165) is 12.8 Å². The molecule has 100 valence electrons. The Morgan fingerprint density at radius 1 is 1.28 bits per heavy atom. The van der Waals surface area contributed by atoms with Crippen LogP contribution in [0.15, 0.2) is 18.2 Å². The smallest absolute Gasteiger partial charge is 0.258 e. The predicted molar refractivity (Wildman–Crippen MR) is 69.6 cm³/mol. The number of rotatable bonds is 5. The molecule has 5 heteroatoms. The van der Waals surface area contributed by atoms with Crippen molar-refractivity contribution in [2.75, 3.05) is 6.54 Å². The maximum atomic E-state index is 11.9. The fourth-order valence-corrected chi connectivity index (χ4v) is 1.61. The number of nitrogens with two attached hydrogens (primary N) is 1. The summed E-state index contributed by atoms with van der Waals surface area (Å²) in [6, 6.07) is 4.17. The number of amides is 1. The summed E-state index contributed by atoms with van der Waals surface area (Å²) >= 11 is 0. The lowest BCUT2D eigenvalue weighted by Crippen LogP contribution is -2.49. The third-order valence-corrected chi connectivity index (χ3v) is 3.26. The van der Waals surface area contributed by atoms with Gasteiger partial charge in [0.15, 0.2) is 0 Å². The van der Waals surface area contributed by atoms with Gasteiger partial charge in [-0.15, -0.1) is 0 Å². The highest BCUT2D eigenvalue weighted by Gasteiger charge is 2.23. The van der Waals surface area contributed by atoms with E-state index < -0.39 is 11.4 Å². The van der Waals surface area contributed by atoms with Crippen LogP contribution in [0.2, 0.25) is 0 Å². The average Bonchev–Trinajstić information content (AvgIpc) is 2.36. The van der Waals surface area contributed by atoms with Crippen LogP contribution >= 0.6 is 0 Å². The number of benzene rings is 1. The van der Waals surface area contributed by atoms with Gasteiger partial charge < -0.3 is 21.3 Å².